The monoisotopic (exact) mass is 444 g/mol. The largest absolute Gasteiger partial charge is 0.459 e. The molecule has 2 unspecified atom stereocenters. The molecule has 1 fully saturated rings. The van der Waals surface area contributed by atoms with E-state index in [1.165, 1.54) is 0 Å². The molecule has 1 N–H and O–H groups in total. The molecule has 30 heavy (non-hydrogen) atoms. The van der Waals surface area contributed by atoms with Gasteiger partial charge < -0.3 is 4.74 Å². The Kier molecular flexibility index (Phi) is 5.52. The van der Waals surface area contributed by atoms with Crippen molar-refractivity contribution in [3.8, 4) is 11.4 Å². The van der Waals surface area contributed by atoms with E-state index < -0.39 is 5.97 Å². The van der Waals surface area contributed by atoms with E-state index in [2.05, 4.69) is 35.7 Å². The highest BCUT2D eigenvalue weighted by atomic mass is 35.5. The van der Waals surface area contributed by atoms with Gasteiger partial charge in [0.25, 0.3) is 0 Å². The molecule has 1 aliphatic rings. The maximum absolute atomic E-state index is 13.1. The van der Waals surface area contributed by atoms with Crippen molar-refractivity contribution in [1.29, 1.82) is 0 Å². The maximum Gasteiger partial charge on any atom is 0.331 e. The molecule has 2 aromatic heterocycles. The van der Waals surface area contributed by atoms with Crippen LogP contribution in [0.5, 0.6) is 0 Å². The van der Waals surface area contributed by atoms with Crippen molar-refractivity contribution in [2.24, 2.45) is 17.8 Å². The summed E-state index contributed by atoms with van der Waals surface area (Å²) in [6, 6.07) is 5.09. The van der Waals surface area contributed by atoms with Gasteiger partial charge in [-0.3, -0.25) is 9.61 Å². The molecule has 1 aromatic carbocycles. The van der Waals surface area contributed by atoms with Gasteiger partial charge in [-0.1, -0.05) is 44.0 Å². The van der Waals surface area contributed by atoms with Crippen molar-refractivity contribution in [3.63, 3.8) is 0 Å². The standard InChI is InChI=1S/C22H22Cl2N4O2/c1-11-5-12(2)19(13(3)6-11)30-22(29)18-17(25-4)10-28-21(18)26-20(27-28)14-7-15(23)9-16(24)8-14/h7-13,19H,5-6H2,1-3H3,(H,26,27). The van der Waals surface area contributed by atoms with Crippen molar-refractivity contribution in [3.05, 3.63) is 51.4 Å². The zero-order chi connectivity index (χ0) is 21.6. The summed E-state index contributed by atoms with van der Waals surface area (Å²) in [6.45, 7) is 13.9. The van der Waals surface area contributed by atoms with Crippen molar-refractivity contribution in [2.45, 2.75) is 39.7 Å². The average molecular weight is 445 g/mol. The molecule has 2 heterocycles. The Balaban J connectivity index is 1.70. The first-order chi connectivity index (χ1) is 14.3. The Morgan fingerprint density at radius 2 is 1.83 bits per heavy atom. The number of benzene rings is 1. The van der Waals surface area contributed by atoms with Crippen LogP contribution in [-0.4, -0.2) is 26.7 Å². The zero-order valence-electron chi connectivity index (χ0n) is 16.9. The van der Waals surface area contributed by atoms with E-state index in [0.29, 0.717) is 33.0 Å². The highest BCUT2D eigenvalue weighted by Crippen LogP contribution is 2.37. The van der Waals surface area contributed by atoms with Gasteiger partial charge in [0.1, 0.15) is 11.7 Å². The lowest BCUT2D eigenvalue weighted by Gasteiger charge is -2.37. The summed E-state index contributed by atoms with van der Waals surface area (Å²) in [5, 5.41) is 4.04. The van der Waals surface area contributed by atoms with Crippen LogP contribution in [-0.2, 0) is 4.74 Å². The fraction of sp³-hybridized carbons (Fsp3) is 0.409. The average Bonchev–Trinajstić information content (AvgIpc) is 3.21. The molecule has 0 radical (unpaired) electrons. The third-order valence-electron chi connectivity index (χ3n) is 5.78. The highest BCUT2D eigenvalue weighted by Gasteiger charge is 2.35. The molecule has 6 nitrogen and oxygen atoms in total. The van der Waals surface area contributed by atoms with Crippen molar-refractivity contribution < 1.29 is 9.53 Å². The molecule has 0 aliphatic heterocycles. The Morgan fingerprint density at radius 1 is 1.20 bits per heavy atom. The number of hydrogen-bond acceptors (Lipinski definition) is 3. The van der Waals surface area contributed by atoms with Crippen LogP contribution in [0.2, 0.25) is 10.0 Å². The molecule has 1 saturated carbocycles. The second kappa shape index (κ2) is 7.98. The molecule has 0 saturated heterocycles. The lowest BCUT2D eigenvalue weighted by molar-refractivity contribution is -0.0249. The van der Waals surface area contributed by atoms with Gasteiger partial charge in [-0.2, -0.15) is 0 Å². The van der Waals surface area contributed by atoms with Crippen molar-refractivity contribution in [1.82, 2.24) is 14.6 Å². The predicted octanol–water partition coefficient (Wildman–Crippen LogP) is 6.41. The van der Waals surface area contributed by atoms with Gasteiger partial charge in [-0.25, -0.2) is 14.6 Å². The van der Waals surface area contributed by atoms with Crippen LogP contribution in [0, 0.1) is 24.3 Å². The van der Waals surface area contributed by atoms with Crippen LogP contribution in [0.4, 0.5) is 5.69 Å². The number of fused-ring (bicyclic) bond motifs is 1. The van der Waals surface area contributed by atoms with E-state index in [0.717, 1.165) is 12.8 Å². The van der Waals surface area contributed by atoms with Gasteiger partial charge in [-0.15, -0.1) is 0 Å². The fourth-order valence-corrected chi connectivity index (χ4v) is 5.16. The van der Waals surface area contributed by atoms with E-state index >= 15 is 0 Å². The molecular formula is C22H22Cl2N4O2. The minimum absolute atomic E-state index is 0.174. The summed E-state index contributed by atoms with van der Waals surface area (Å²) in [5.74, 6) is 1.14. The number of rotatable bonds is 3. The van der Waals surface area contributed by atoms with Gasteiger partial charge >= 0.3 is 5.97 Å². The second-order valence-electron chi connectivity index (χ2n) is 8.33. The highest BCUT2D eigenvalue weighted by molar-refractivity contribution is 6.35. The van der Waals surface area contributed by atoms with E-state index in [-0.39, 0.29) is 29.2 Å². The van der Waals surface area contributed by atoms with Crippen LogP contribution in [0.15, 0.2) is 24.4 Å². The molecule has 0 bridgehead atoms. The van der Waals surface area contributed by atoms with E-state index in [1.54, 1.807) is 28.9 Å². The molecule has 4 rings (SSSR count). The zero-order valence-corrected chi connectivity index (χ0v) is 18.5. The summed E-state index contributed by atoms with van der Waals surface area (Å²) >= 11 is 12.2. The molecule has 8 heteroatoms. The first-order valence-electron chi connectivity index (χ1n) is 9.92. The second-order valence-corrected chi connectivity index (χ2v) is 9.20. The smallest absolute Gasteiger partial charge is 0.331 e. The van der Waals surface area contributed by atoms with Gasteiger partial charge in [0.2, 0.25) is 5.69 Å². The Hall–Kier alpha value is -2.49. The summed E-state index contributed by atoms with van der Waals surface area (Å²) in [4.78, 5) is 21.2. The normalized spacial score (nSPS) is 24.0. The molecular weight excluding hydrogens is 423 g/mol. The lowest BCUT2D eigenvalue weighted by Crippen LogP contribution is -2.37. The summed E-state index contributed by atoms with van der Waals surface area (Å²) < 4.78 is 7.48. The third kappa shape index (κ3) is 3.80. The molecule has 0 spiro atoms. The summed E-state index contributed by atoms with van der Waals surface area (Å²) in [6.07, 6.45) is 3.42. The SMILES string of the molecule is [C-]#[N+]c1cn2[nH]c(-c3cc(Cl)cc(Cl)c3)nc2c1C(=O)OC1C(C)CC(C)CC1C. The number of aromatic nitrogens is 3. The third-order valence-corrected chi connectivity index (χ3v) is 6.21. The topological polar surface area (TPSA) is 63.8 Å². The number of carbonyl (C=O) groups excluding carboxylic acids is 1. The Labute approximate surface area is 184 Å². The van der Waals surface area contributed by atoms with Crippen LogP contribution in [0.3, 0.4) is 0 Å². The first kappa shape index (κ1) is 20.8. The minimum atomic E-state index is -0.510. The molecule has 0 amide bonds. The number of H-pyrrole nitrogens is 1. The number of esters is 1. The molecule has 156 valence electrons. The van der Waals surface area contributed by atoms with Gasteiger partial charge in [-0.05, 0) is 48.8 Å². The lowest BCUT2D eigenvalue weighted by atomic mass is 9.75. The van der Waals surface area contributed by atoms with Crippen LogP contribution >= 0.6 is 23.2 Å². The number of carbonyl (C=O) groups is 1. The minimum Gasteiger partial charge on any atom is -0.459 e. The van der Waals surface area contributed by atoms with Gasteiger partial charge in [0, 0.05) is 21.8 Å². The number of nitrogens with one attached hydrogen (secondary N) is 1. The van der Waals surface area contributed by atoms with E-state index in [9.17, 15) is 4.79 Å². The summed E-state index contributed by atoms with van der Waals surface area (Å²) in [7, 11) is 0. The number of aromatic amines is 1. The van der Waals surface area contributed by atoms with Crippen molar-refractivity contribution in [2.75, 3.05) is 0 Å². The first-order valence-corrected chi connectivity index (χ1v) is 10.7. The quantitative estimate of drug-likeness (QED) is 0.374. The van der Waals surface area contributed by atoms with Gasteiger partial charge in [0.15, 0.2) is 11.5 Å². The van der Waals surface area contributed by atoms with E-state index in [1.807, 2.05) is 0 Å². The number of nitrogens with zero attached hydrogens (tertiary/aromatic N) is 3. The van der Waals surface area contributed by atoms with Gasteiger partial charge in [0.05, 0.1) is 6.57 Å². The number of hydrogen-bond donors (Lipinski definition) is 1. The Morgan fingerprint density at radius 3 is 2.43 bits per heavy atom. The van der Waals surface area contributed by atoms with Crippen LogP contribution in [0.1, 0.15) is 44.0 Å². The predicted molar refractivity (Wildman–Crippen MR) is 117 cm³/mol. The fourth-order valence-electron chi connectivity index (χ4n) is 4.63. The Bertz CT molecular complexity index is 1130. The molecule has 1 aliphatic carbocycles. The summed E-state index contributed by atoms with van der Waals surface area (Å²) in [5.41, 5.74) is 1.42. The molecule has 3 aromatic rings. The maximum atomic E-state index is 13.1. The number of halogens is 2. The van der Waals surface area contributed by atoms with Crippen LogP contribution < -0.4 is 0 Å². The van der Waals surface area contributed by atoms with Crippen molar-refractivity contribution >= 4 is 40.5 Å². The molecule has 2 atom stereocenters. The number of ether oxygens (including phenoxy) is 1. The van der Waals surface area contributed by atoms with Crippen LogP contribution in [0.25, 0.3) is 21.9 Å². The van der Waals surface area contributed by atoms with E-state index in [4.69, 9.17) is 34.5 Å².